The van der Waals surface area contributed by atoms with E-state index in [2.05, 4.69) is 10.3 Å². The van der Waals surface area contributed by atoms with Crippen LogP contribution in [-0.4, -0.2) is 40.5 Å². The van der Waals surface area contributed by atoms with Crippen LogP contribution in [0.25, 0.3) is 0 Å². The molecule has 0 bridgehead atoms. The standard InChI is InChI=1S/C14H17N3O4/c18-12(5-6-13(19)20)16-11-4-2-8-17(14(11)21)10-3-1-7-15-9-10/h1,3,7,9,11H,2,4-6,8H2,(H,16,18)(H,19,20). The molecule has 2 N–H and O–H groups in total. The van der Waals surface area contributed by atoms with Gasteiger partial charge in [0.05, 0.1) is 18.3 Å². The maximum Gasteiger partial charge on any atom is 0.303 e. The fourth-order valence-electron chi connectivity index (χ4n) is 2.27. The van der Waals surface area contributed by atoms with E-state index in [1.54, 1.807) is 29.4 Å². The molecule has 1 aliphatic rings. The van der Waals surface area contributed by atoms with Crippen LogP contribution >= 0.6 is 0 Å². The molecule has 0 aliphatic carbocycles. The molecule has 7 heteroatoms. The number of carbonyl (C=O) groups is 3. The maximum absolute atomic E-state index is 12.4. The molecule has 1 saturated heterocycles. The smallest absolute Gasteiger partial charge is 0.303 e. The summed E-state index contributed by atoms with van der Waals surface area (Å²) in [4.78, 5) is 40.0. The Labute approximate surface area is 122 Å². The number of aliphatic carboxylic acids is 1. The van der Waals surface area contributed by atoms with E-state index in [-0.39, 0.29) is 18.7 Å². The molecule has 0 spiro atoms. The predicted octanol–water partition coefficient (Wildman–Crippen LogP) is 0.558. The Hall–Kier alpha value is -2.44. The van der Waals surface area contributed by atoms with Crippen LogP contribution in [0.4, 0.5) is 5.69 Å². The summed E-state index contributed by atoms with van der Waals surface area (Å²) >= 11 is 0. The second-order valence-electron chi connectivity index (χ2n) is 4.86. The van der Waals surface area contributed by atoms with Gasteiger partial charge in [-0.25, -0.2) is 0 Å². The lowest BCUT2D eigenvalue weighted by Gasteiger charge is -2.32. The molecule has 2 heterocycles. The third kappa shape index (κ3) is 4.01. The molecule has 1 fully saturated rings. The van der Waals surface area contributed by atoms with E-state index < -0.39 is 17.9 Å². The lowest BCUT2D eigenvalue weighted by molar-refractivity contribution is -0.139. The van der Waals surface area contributed by atoms with E-state index in [9.17, 15) is 14.4 Å². The van der Waals surface area contributed by atoms with Gasteiger partial charge in [-0.1, -0.05) is 0 Å². The number of aromatic nitrogens is 1. The minimum atomic E-state index is -1.03. The van der Waals surface area contributed by atoms with E-state index >= 15 is 0 Å². The summed E-state index contributed by atoms with van der Waals surface area (Å²) in [7, 11) is 0. The summed E-state index contributed by atoms with van der Waals surface area (Å²) in [5.41, 5.74) is 0.701. The van der Waals surface area contributed by atoms with Crippen LogP contribution in [0.3, 0.4) is 0 Å². The van der Waals surface area contributed by atoms with E-state index in [0.29, 0.717) is 18.7 Å². The monoisotopic (exact) mass is 291 g/mol. The van der Waals surface area contributed by atoms with Gasteiger partial charge in [0.15, 0.2) is 0 Å². The summed E-state index contributed by atoms with van der Waals surface area (Å²) < 4.78 is 0. The second kappa shape index (κ2) is 6.83. The molecule has 2 rings (SSSR count). The molecule has 1 unspecified atom stereocenters. The number of anilines is 1. The number of piperidine rings is 1. The van der Waals surface area contributed by atoms with Crippen molar-refractivity contribution in [1.82, 2.24) is 10.3 Å². The first-order valence-electron chi connectivity index (χ1n) is 6.80. The topological polar surface area (TPSA) is 99.6 Å². The van der Waals surface area contributed by atoms with Crippen LogP contribution in [0.15, 0.2) is 24.5 Å². The zero-order chi connectivity index (χ0) is 15.2. The molecule has 0 radical (unpaired) electrons. The van der Waals surface area contributed by atoms with Gasteiger partial charge in [-0.15, -0.1) is 0 Å². The molecule has 1 aliphatic heterocycles. The number of hydrogen-bond acceptors (Lipinski definition) is 4. The number of nitrogens with zero attached hydrogens (tertiary/aromatic N) is 2. The molecular weight excluding hydrogens is 274 g/mol. The van der Waals surface area contributed by atoms with E-state index in [4.69, 9.17) is 5.11 Å². The summed E-state index contributed by atoms with van der Waals surface area (Å²) in [6, 6.07) is 2.94. The zero-order valence-corrected chi connectivity index (χ0v) is 11.5. The molecule has 112 valence electrons. The highest BCUT2D eigenvalue weighted by molar-refractivity contribution is 5.99. The molecule has 1 aromatic rings. The van der Waals surface area contributed by atoms with Gasteiger partial charge in [0.1, 0.15) is 6.04 Å². The predicted molar refractivity (Wildman–Crippen MR) is 74.6 cm³/mol. The van der Waals surface area contributed by atoms with Crippen molar-refractivity contribution in [2.45, 2.75) is 31.7 Å². The van der Waals surface area contributed by atoms with Gasteiger partial charge in [0.2, 0.25) is 11.8 Å². The minimum Gasteiger partial charge on any atom is -0.481 e. The summed E-state index contributed by atoms with van der Waals surface area (Å²) in [5, 5.41) is 11.2. The van der Waals surface area contributed by atoms with Gasteiger partial charge in [0, 0.05) is 19.2 Å². The zero-order valence-electron chi connectivity index (χ0n) is 11.5. The number of amides is 2. The van der Waals surface area contributed by atoms with Gasteiger partial charge in [-0.05, 0) is 25.0 Å². The summed E-state index contributed by atoms with van der Waals surface area (Å²) in [5.74, 6) is -1.63. The Morgan fingerprint density at radius 3 is 2.90 bits per heavy atom. The Balaban J connectivity index is 1.97. The van der Waals surface area contributed by atoms with Crippen molar-refractivity contribution in [3.8, 4) is 0 Å². The molecule has 21 heavy (non-hydrogen) atoms. The van der Waals surface area contributed by atoms with Crippen LogP contribution < -0.4 is 10.2 Å². The number of nitrogens with one attached hydrogen (secondary N) is 1. The van der Waals surface area contributed by atoms with E-state index in [1.807, 2.05) is 0 Å². The van der Waals surface area contributed by atoms with Crippen molar-refractivity contribution < 1.29 is 19.5 Å². The molecule has 1 aromatic heterocycles. The van der Waals surface area contributed by atoms with Crippen LogP contribution in [0.2, 0.25) is 0 Å². The Morgan fingerprint density at radius 1 is 1.43 bits per heavy atom. The summed E-state index contributed by atoms with van der Waals surface area (Å²) in [6.45, 7) is 0.589. The lowest BCUT2D eigenvalue weighted by atomic mass is 10.0. The van der Waals surface area contributed by atoms with Crippen LogP contribution in [0.5, 0.6) is 0 Å². The molecule has 0 saturated carbocycles. The Bertz CT molecular complexity index is 532. The fourth-order valence-corrected chi connectivity index (χ4v) is 2.27. The lowest BCUT2D eigenvalue weighted by Crippen LogP contribution is -2.52. The minimum absolute atomic E-state index is 0.119. The van der Waals surface area contributed by atoms with Crippen molar-refractivity contribution in [1.29, 1.82) is 0 Å². The first-order chi connectivity index (χ1) is 10.1. The molecular formula is C14H17N3O4. The largest absolute Gasteiger partial charge is 0.481 e. The quantitative estimate of drug-likeness (QED) is 0.825. The Morgan fingerprint density at radius 2 is 2.24 bits per heavy atom. The normalized spacial score (nSPS) is 18.4. The van der Waals surface area contributed by atoms with E-state index in [0.717, 1.165) is 6.42 Å². The van der Waals surface area contributed by atoms with Crippen molar-refractivity contribution in [3.05, 3.63) is 24.5 Å². The number of hydrogen-bond donors (Lipinski definition) is 2. The van der Waals surface area contributed by atoms with Gasteiger partial charge in [-0.3, -0.25) is 19.4 Å². The number of carboxylic acid groups (broad SMARTS) is 1. The second-order valence-corrected chi connectivity index (χ2v) is 4.86. The highest BCUT2D eigenvalue weighted by Gasteiger charge is 2.30. The van der Waals surface area contributed by atoms with Crippen molar-refractivity contribution in [3.63, 3.8) is 0 Å². The SMILES string of the molecule is O=C(O)CCC(=O)NC1CCCN(c2cccnc2)C1=O. The first-order valence-corrected chi connectivity index (χ1v) is 6.80. The average molecular weight is 291 g/mol. The molecule has 2 amide bonds. The number of pyridine rings is 1. The third-order valence-electron chi connectivity index (χ3n) is 3.30. The van der Waals surface area contributed by atoms with Gasteiger partial charge >= 0.3 is 5.97 Å². The van der Waals surface area contributed by atoms with Crippen molar-refractivity contribution >= 4 is 23.5 Å². The molecule has 0 aromatic carbocycles. The first kappa shape index (κ1) is 15.0. The van der Waals surface area contributed by atoms with Crippen molar-refractivity contribution in [2.75, 3.05) is 11.4 Å². The van der Waals surface area contributed by atoms with Gasteiger partial charge in [0.25, 0.3) is 0 Å². The number of carboxylic acids is 1. The van der Waals surface area contributed by atoms with E-state index in [1.165, 1.54) is 0 Å². The molecule has 7 nitrogen and oxygen atoms in total. The third-order valence-corrected chi connectivity index (χ3v) is 3.30. The van der Waals surface area contributed by atoms with Crippen LogP contribution in [0.1, 0.15) is 25.7 Å². The van der Waals surface area contributed by atoms with Crippen molar-refractivity contribution in [2.24, 2.45) is 0 Å². The fraction of sp³-hybridized carbons (Fsp3) is 0.429. The molecule has 1 atom stereocenters. The van der Waals surface area contributed by atoms with Crippen LogP contribution in [-0.2, 0) is 14.4 Å². The van der Waals surface area contributed by atoms with Gasteiger partial charge in [-0.2, -0.15) is 0 Å². The number of carbonyl (C=O) groups excluding carboxylic acids is 2. The summed E-state index contributed by atoms with van der Waals surface area (Å²) in [6.07, 6.45) is 4.21. The number of rotatable bonds is 5. The highest BCUT2D eigenvalue weighted by Crippen LogP contribution is 2.20. The average Bonchev–Trinajstić information content (AvgIpc) is 2.48. The maximum atomic E-state index is 12.4. The Kier molecular flexibility index (Phi) is 4.86. The van der Waals surface area contributed by atoms with Gasteiger partial charge < -0.3 is 15.3 Å². The highest BCUT2D eigenvalue weighted by atomic mass is 16.4. The van der Waals surface area contributed by atoms with Crippen LogP contribution in [0, 0.1) is 0 Å².